The number of aromatic nitrogens is 2. The molecular formula is C22H23N3OS2. The Morgan fingerprint density at radius 2 is 1.93 bits per heavy atom. The lowest BCUT2D eigenvalue weighted by molar-refractivity contribution is 0.603. The van der Waals surface area contributed by atoms with Gasteiger partial charge in [-0.05, 0) is 34.9 Å². The molecule has 0 radical (unpaired) electrons. The van der Waals surface area contributed by atoms with Gasteiger partial charge < -0.3 is 0 Å². The normalized spacial score (nSPS) is 12.7. The van der Waals surface area contributed by atoms with Gasteiger partial charge in [0.2, 0.25) is 0 Å². The molecule has 4 nitrogen and oxygen atoms in total. The van der Waals surface area contributed by atoms with E-state index in [1.807, 2.05) is 5.38 Å². The quantitative estimate of drug-likeness (QED) is 0.472. The van der Waals surface area contributed by atoms with Gasteiger partial charge >= 0.3 is 0 Å². The van der Waals surface area contributed by atoms with Crippen molar-refractivity contribution in [3.8, 4) is 0 Å². The maximum absolute atomic E-state index is 12.2. The smallest absolute Gasteiger partial charge is 0.258 e. The molecule has 0 aliphatic heterocycles. The van der Waals surface area contributed by atoms with Crippen LogP contribution in [0.15, 0.2) is 64.2 Å². The summed E-state index contributed by atoms with van der Waals surface area (Å²) < 4.78 is 1.58. The molecule has 0 unspecified atom stereocenters. The van der Waals surface area contributed by atoms with Crippen LogP contribution in [0.4, 0.5) is 0 Å². The number of hydrogen-bond acceptors (Lipinski definition) is 5. The molecule has 3 aromatic heterocycles. The molecular weight excluding hydrogens is 386 g/mol. The van der Waals surface area contributed by atoms with E-state index < -0.39 is 0 Å². The number of benzene rings is 1. The highest BCUT2D eigenvalue weighted by Crippen LogP contribution is 2.27. The Labute approximate surface area is 172 Å². The van der Waals surface area contributed by atoms with E-state index in [1.54, 1.807) is 28.0 Å². The van der Waals surface area contributed by atoms with Gasteiger partial charge in [0.25, 0.3) is 5.56 Å². The van der Waals surface area contributed by atoms with Crippen LogP contribution in [-0.2, 0) is 13.0 Å². The number of thiophene rings is 1. The van der Waals surface area contributed by atoms with Crippen LogP contribution in [0, 0.1) is 5.92 Å². The van der Waals surface area contributed by atoms with E-state index >= 15 is 0 Å². The molecule has 0 aliphatic rings. The number of fused-ring (bicyclic) bond motifs is 1. The molecule has 6 heteroatoms. The molecule has 4 rings (SSSR count). The topological polar surface area (TPSA) is 46.4 Å². The molecule has 3 heterocycles. The lowest BCUT2D eigenvalue weighted by Crippen LogP contribution is -2.23. The van der Waals surface area contributed by atoms with Crippen LogP contribution >= 0.6 is 22.7 Å². The van der Waals surface area contributed by atoms with Gasteiger partial charge in [-0.2, -0.15) is 0 Å². The Morgan fingerprint density at radius 1 is 1.11 bits per heavy atom. The molecule has 0 saturated carbocycles. The molecule has 1 aromatic carbocycles. The van der Waals surface area contributed by atoms with Gasteiger partial charge in [-0.1, -0.05) is 44.2 Å². The first-order valence-electron chi connectivity index (χ1n) is 9.41. The minimum absolute atomic E-state index is 0.0336. The number of rotatable bonds is 7. The zero-order valence-corrected chi connectivity index (χ0v) is 17.6. The Balaban J connectivity index is 1.57. The Bertz CT molecular complexity index is 1090. The zero-order chi connectivity index (χ0) is 19.5. The fraction of sp³-hybridized carbons (Fsp3) is 0.273. The van der Waals surface area contributed by atoms with Crippen molar-refractivity contribution in [1.82, 2.24) is 14.7 Å². The first-order chi connectivity index (χ1) is 13.6. The van der Waals surface area contributed by atoms with Gasteiger partial charge in [-0.3, -0.25) is 14.5 Å². The maximum atomic E-state index is 12.2. The summed E-state index contributed by atoms with van der Waals surface area (Å²) >= 11 is 3.21. The summed E-state index contributed by atoms with van der Waals surface area (Å²) in [6.07, 6.45) is 2.85. The fourth-order valence-electron chi connectivity index (χ4n) is 3.34. The van der Waals surface area contributed by atoms with Crippen LogP contribution < -0.4 is 10.9 Å². The van der Waals surface area contributed by atoms with E-state index in [9.17, 15) is 4.79 Å². The second kappa shape index (κ2) is 8.39. The van der Waals surface area contributed by atoms with E-state index in [0.29, 0.717) is 12.5 Å². The van der Waals surface area contributed by atoms with Gasteiger partial charge in [0.15, 0.2) is 4.96 Å². The van der Waals surface area contributed by atoms with E-state index in [-0.39, 0.29) is 11.6 Å². The molecule has 1 atom stereocenters. The number of nitrogens with zero attached hydrogens (tertiary/aromatic N) is 2. The van der Waals surface area contributed by atoms with Gasteiger partial charge in [0.05, 0.1) is 11.7 Å². The molecule has 0 spiro atoms. The second-order valence-corrected chi connectivity index (χ2v) is 9.16. The van der Waals surface area contributed by atoms with Gasteiger partial charge in [0, 0.05) is 29.1 Å². The van der Waals surface area contributed by atoms with E-state index in [4.69, 9.17) is 0 Å². The summed E-state index contributed by atoms with van der Waals surface area (Å²) in [5, 5.41) is 7.58. The molecule has 4 aromatic rings. The molecule has 1 N–H and O–H groups in total. The Morgan fingerprint density at radius 3 is 2.64 bits per heavy atom. The molecule has 0 fully saturated rings. The second-order valence-electron chi connectivity index (χ2n) is 7.31. The van der Waals surface area contributed by atoms with Crippen LogP contribution in [0.3, 0.4) is 0 Å². The van der Waals surface area contributed by atoms with Crippen LogP contribution in [0.5, 0.6) is 0 Å². The van der Waals surface area contributed by atoms with Crippen LogP contribution in [0.1, 0.15) is 41.6 Å². The highest BCUT2D eigenvalue weighted by atomic mass is 32.1. The highest BCUT2D eigenvalue weighted by Gasteiger charge is 2.16. The van der Waals surface area contributed by atoms with Crippen molar-refractivity contribution in [2.75, 3.05) is 0 Å². The van der Waals surface area contributed by atoms with Crippen molar-refractivity contribution in [2.45, 2.75) is 32.9 Å². The summed E-state index contributed by atoms with van der Waals surface area (Å²) in [5.74, 6) is 0.648. The Hall–Kier alpha value is -2.28. The minimum atomic E-state index is -0.0336. The predicted molar refractivity (Wildman–Crippen MR) is 117 cm³/mol. The third kappa shape index (κ3) is 4.24. The maximum Gasteiger partial charge on any atom is 0.258 e. The SMILES string of the molecule is CC(C)Cc1ccc([C@H](NCc2cc(=O)n3ccsc3n2)c2cccs2)cc1. The van der Waals surface area contributed by atoms with Gasteiger partial charge in [-0.25, -0.2) is 4.98 Å². The third-order valence-corrected chi connectivity index (χ3v) is 6.32. The van der Waals surface area contributed by atoms with Crippen molar-refractivity contribution in [3.05, 3.63) is 91.5 Å². The third-order valence-electron chi connectivity index (χ3n) is 4.63. The molecule has 0 aliphatic carbocycles. The first kappa shape index (κ1) is 19.1. The average molecular weight is 410 g/mol. The van der Waals surface area contributed by atoms with Crippen LogP contribution in [0.2, 0.25) is 0 Å². The molecule has 144 valence electrons. The number of hydrogen-bond donors (Lipinski definition) is 1. The van der Waals surface area contributed by atoms with E-state index in [2.05, 4.69) is 65.9 Å². The molecule has 0 bridgehead atoms. The van der Waals surface area contributed by atoms with Gasteiger partial charge in [-0.15, -0.1) is 22.7 Å². The van der Waals surface area contributed by atoms with Crippen LogP contribution in [0.25, 0.3) is 4.96 Å². The van der Waals surface area contributed by atoms with Crippen molar-refractivity contribution in [1.29, 1.82) is 0 Å². The summed E-state index contributed by atoms with van der Waals surface area (Å²) in [7, 11) is 0. The molecule has 0 amide bonds. The first-order valence-corrected chi connectivity index (χ1v) is 11.2. The number of nitrogens with one attached hydrogen (secondary N) is 1. The predicted octanol–water partition coefficient (Wildman–Crippen LogP) is 4.90. The monoisotopic (exact) mass is 409 g/mol. The summed E-state index contributed by atoms with van der Waals surface area (Å²) in [6, 6.07) is 14.8. The van der Waals surface area contributed by atoms with Crippen molar-refractivity contribution < 1.29 is 0 Å². The largest absolute Gasteiger partial charge is 0.300 e. The van der Waals surface area contributed by atoms with Gasteiger partial charge in [0.1, 0.15) is 0 Å². The Kier molecular flexibility index (Phi) is 5.71. The fourth-order valence-corrected chi connectivity index (χ4v) is 4.91. The van der Waals surface area contributed by atoms with Crippen molar-refractivity contribution in [3.63, 3.8) is 0 Å². The standard InChI is InChI=1S/C22H23N3OS2/c1-15(2)12-16-5-7-17(8-6-16)21(19-4-3-10-27-19)23-14-18-13-20(26)25-9-11-28-22(25)24-18/h3-11,13,15,21,23H,12,14H2,1-2H3/t21-/m0/s1. The molecule has 28 heavy (non-hydrogen) atoms. The van der Waals surface area contributed by atoms with Crippen molar-refractivity contribution >= 4 is 27.6 Å². The van der Waals surface area contributed by atoms with Crippen LogP contribution in [-0.4, -0.2) is 9.38 Å². The summed E-state index contributed by atoms with van der Waals surface area (Å²) in [4.78, 5) is 18.8. The minimum Gasteiger partial charge on any atom is -0.300 e. The van der Waals surface area contributed by atoms with E-state index in [0.717, 1.165) is 17.1 Å². The molecule has 0 saturated heterocycles. The lowest BCUT2D eigenvalue weighted by atomic mass is 9.99. The lowest BCUT2D eigenvalue weighted by Gasteiger charge is -2.18. The highest BCUT2D eigenvalue weighted by molar-refractivity contribution is 7.15. The van der Waals surface area contributed by atoms with Crippen molar-refractivity contribution in [2.24, 2.45) is 5.92 Å². The zero-order valence-electron chi connectivity index (χ0n) is 16.0. The summed E-state index contributed by atoms with van der Waals surface area (Å²) in [5.41, 5.74) is 3.32. The summed E-state index contributed by atoms with van der Waals surface area (Å²) in [6.45, 7) is 5.02. The number of thiazole rings is 1. The average Bonchev–Trinajstić information content (AvgIpc) is 3.35. The van der Waals surface area contributed by atoms with E-state index in [1.165, 1.54) is 27.3 Å².